The summed E-state index contributed by atoms with van der Waals surface area (Å²) < 4.78 is 11.1. The van der Waals surface area contributed by atoms with Gasteiger partial charge in [0.05, 0.1) is 7.11 Å². The molecule has 35 heavy (non-hydrogen) atoms. The molecule has 9 heteroatoms. The summed E-state index contributed by atoms with van der Waals surface area (Å²) in [4.78, 5) is 28.4. The second kappa shape index (κ2) is 11.0. The van der Waals surface area contributed by atoms with Gasteiger partial charge in [0.25, 0.3) is 5.91 Å². The first kappa shape index (κ1) is 24.3. The highest BCUT2D eigenvalue weighted by molar-refractivity contribution is 5.96. The third-order valence-corrected chi connectivity index (χ3v) is 6.04. The van der Waals surface area contributed by atoms with Gasteiger partial charge in [-0.3, -0.25) is 4.79 Å². The number of nitrogens with one attached hydrogen (secondary N) is 2. The summed E-state index contributed by atoms with van der Waals surface area (Å²) >= 11 is 0. The van der Waals surface area contributed by atoms with Crippen molar-refractivity contribution in [1.29, 1.82) is 0 Å². The van der Waals surface area contributed by atoms with Crippen molar-refractivity contribution in [1.82, 2.24) is 20.3 Å². The zero-order chi connectivity index (χ0) is 24.8. The monoisotopic (exact) mass is 476 g/mol. The average molecular weight is 477 g/mol. The highest BCUT2D eigenvalue weighted by Crippen LogP contribution is 2.27. The Morgan fingerprint density at radius 1 is 1.03 bits per heavy atom. The minimum atomic E-state index is -0.190. The number of aromatic nitrogens is 3. The summed E-state index contributed by atoms with van der Waals surface area (Å²) in [6.45, 7) is 2.00. The topological polar surface area (TPSA) is 102 Å². The van der Waals surface area contributed by atoms with E-state index in [2.05, 4.69) is 25.6 Å². The van der Waals surface area contributed by atoms with Crippen molar-refractivity contribution in [3.05, 3.63) is 59.9 Å². The van der Waals surface area contributed by atoms with Crippen molar-refractivity contribution < 1.29 is 14.3 Å². The van der Waals surface area contributed by atoms with Gasteiger partial charge in [0.1, 0.15) is 22.9 Å². The largest absolute Gasteiger partial charge is 0.497 e. The van der Waals surface area contributed by atoms with Crippen molar-refractivity contribution in [3.63, 3.8) is 0 Å². The predicted molar refractivity (Wildman–Crippen MR) is 136 cm³/mol. The van der Waals surface area contributed by atoms with E-state index in [1.54, 1.807) is 37.6 Å². The third-order valence-electron chi connectivity index (χ3n) is 6.04. The lowest BCUT2D eigenvalue weighted by Gasteiger charge is -2.30. The number of anilines is 2. The molecule has 1 amide bonds. The van der Waals surface area contributed by atoms with Crippen LogP contribution in [0.1, 0.15) is 41.6 Å². The van der Waals surface area contributed by atoms with Crippen LogP contribution in [-0.4, -0.2) is 54.1 Å². The van der Waals surface area contributed by atoms with Crippen molar-refractivity contribution in [2.45, 2.75) is 44.7 Å². The van der Waals surface area contributed by atoms with E-state index in [0.29, 0.717) is 23.0 Å². The molecule has 1 aliphatic carbocycles. The summed E-state index contributed by atoms with van der Waals surface area (Å²) in [5.74, 6) is 2.85. The number of pyridine rings is 1. The molecule has 0 spiro atoms. The molecule has 0 bridgehead atoms. The predicted octanol–water partition coefficient (Wildman–Crippen LogP) is 4.20. The lowest BCUT2D eigenvalue weighted by atomic mass is 9.91. The number of carbonyl (C=O) groups excluding carboxylic acids is 1. The molecule has 1 aliphatic rings. The minimum absolute atomic E-state index is 0.0849. The summed E-state index contributed by atoms with van der Waals surface area (Å²) in [6.07, 6.45) is 7.01. The Morgan fingerprint density at radius 3 is 2.51 bits per heavy atom. The van der Waals surface area contributed by atoms with Crippen LogP contribution in [-0.2, 0) is 0 Å². The van der Waals surface area contributed by atoms with E-state index < -0.39 is 0 Å². The Hall–Kier alpha value is -3.88. The number of methoxy groups -OCH3 is 1. The van der Waals surface area contributed by atoms with Crippen LogP contribution in [0.3, 0.4) is 0 Å². The van der Waals surface area contributed by atoms with E-state index in [1.165, 1.54) is 0 Å². The van der Waals surface area contributed by atoms with Crippen LogP contribution < -0.4 is 25.0 Å². The van der Waals surface area contributed by atoms with Gasteiger partial charge in [-0.05, 0) is 56.9 Å². The maximum atomic E-state index is 13.1. The fraction of sp³-hybridized carbons (Fsp3) is 0.385. The number of amides is 1. The first-order valence-corrected chi connectivity index (χ1v) is 11.8. The molecule has 4 rings (SSSR count). The normalized spacial score (nSPS) is 17.4. The molecular weight excluding hydrogens is 444 g/mol. The van der Waals surface area contributed by atoms with Gasteiger partial charge in [-0.1, -0.05) is 6.07 Å². The second-order valence-corrected chi connectivity index (χ2v) is 8.90. The van der Waals surface area contributed by atoms with E-state index in [4.69, 9.17) is 9.47 Å². The van der Waals surface area contributed by atoms with Crippen LogP contribution >= 0.6 is 0 Å². The van der Waals surface area contributed by atoms with E-state index in [0.717, 1.165) is 37.1 Å². The Bertz CT molecular complexity index is 1160. The van der Waals surface area contributed by atoms with E-state index in [-0.39, 0.29) is 23.9 Å². The smallest absolute Gasteiger partial charge is 0.257 e. The molecule has 3 aromatic rings. The van der Waals surface area contributed by atoms with Gasteiger partial charge in [-0.15, -0.1) is 0 Å². The van der Waals surface area contributed by atoms with Crippen LogP contribution in [0.2, 0.25) is 0 Å². The lowest BCUT2D eigenvalue weighted by molar-refractivity contribution is 0.0923. The first-order chi connectivity index (χ1) is 16.9. The van der Waals surface area contributed by atoms with Gasteiger partial charge in [0, 0.05) is 50.2 Å². The molecule has 2 N–H and O–H groups in total. The Balaban J connectivity index is 1.34. The van der Waals surface area contributed by atoms with E-state index in [1.807, 2.05) is 44.2 Å². The van der Waals surface area contributed by atoms with E-state index >= 15 is 0 Å². The number of carbonyl (C=O) groups is 1. The summed E-state index contributed by atoms with van der Waals surface area (Å²) in [6, 6.07) is 11.0. The number of rotatable bonds is 8. The molecule has 1 fully saturated rings. The van der Waals surface area contributed by atoms with Crippen LogP contribution in [0, 0.1) is 6.92 Å². The SMILES string of the molecule is COc1cccc(Oc2ncccc2C(=O)NC2CCC(Nc3ncc(C)c(N(C)C)n3)CC2)c1. The van der Waals surface area contributed by atoms with Crippen LogP contribution in [0.4, 0.5) is 11.8 Å². The maximum absolute atomic E-state index is 13.1. The number of ether oxygens (including phenoxy) is 2. The van der Waals surface area contributed by atoms with Gasteiger partial charge in [0.15, 0.2) is 0 Å². The number of benzene rings is 1. The quantitative estimate of drug-likeness (QED) is 0.499. The molecule has 0 unspecified atom stereocenters. The fourth-order valence-corrected chi connectivity index (χ4v) is 4.20. The van der Waals surface area contributed by atoms with Crippen molar-refractivity contribution in [2.75, 3.05) is 31.4 Å². The van der Waals surface area contributed by atoms with Gasteiger partial charge in [0.2, 0.25) is 11.8 Å². The molecule has 0 saturated heterocycles. The Labute approximate surface area is 205 Å². The summed E-state index contributed by atoms with van der Waals surface area (Å²) in [5, 5.41) is 6.60. The summed E-state index contributed by atoms with van der Waals surface area (Å²) in [5.41, 5.74) is 1.44. The van der Waals surface area contributed by atoms with Crippen LogP contribution in [0.25, 0.3) is 0 Å². The molecule has 0 aliphatic heterocycles. The van der Waals surface area contributed by atoms with Crippen LogP contribution in [0.15, 0.2) is 48.8 Å². The number of hydrogen-bond acceptors (Lipinski definition) is 8. The van der Waals surface area contributed by atoms with Crippen molar-refractivity contribution in [3.8, 4) is 17.4 Å². The minimum Gasteiger partial charge on any atom is -0.497 e. The molecule has 2 heterocycles. The molecule has 1 saturated carbocycles. The zero-order valence-electron chi connectivity index (χ0n) is 20.6. The fourth-order valence-electron chi connectivity index (χ4n) is 4.20. The standard InChI is InChI=1S/C26H32N6O3/c1-17-16-28-26(31-23(17)32(2)3)30-19-12-10-18(11-13-19)29-24(33)22-9-6-14-27-25(22)35-21-8-5-7-20(15-21)34-4/h5-9,14-16,18-19H,10-13H2,1-4H3,(H,29,33)(H,28,30,31). The number of aryl methyl sites for hydroxylation is 1. The number of nitrogens with zero attached hydrogens (tertiary/aromatic N) is 4. The maximum Gasteiger partial charge on any atom is 0.257 e. The van der Waals surface area contributed by atoms with Gasteiger partial charge in [-0.25, -0.2) is 9.97 Å². The average Bonchev–Trinajstić information content (AvgIpc) is 2.86. The van der Waals surface area contributed by atoms with Crippen molar-refractivity contribution in [2.24, 2.45) is 0 Å². The van der Waals surface area contributed by atoms with Gasteiger partial charge < -0.3 is 25.0 Å². The van der Waals surface area contributed by atoms with Gasteiger partial charge in [-0.2, -0.15) is 4.98 Å². The molecule has 0 atom stereocenters. The molecule has 184 valence electrons. The van der Waals surface area contributed by atoms with Gasteiger partial charge >= 0.3 is 0 Å². The molecule has 2 aromatic heterocycles. The molecule has 0 radical (unpaired) electrons. The van der Waals surface area contributed by atoms with E-state index in [9.17, 15) is 4.79 Å². The highest BCUT2D eigenvalue weighted by atomic mass is 16.5. The Kier molecular flexibility index (Phi) is 7.64. The molecular formula is C26H32N6O3. The van der Waals surface area contributed by atoms with Crippen LogP contribution in [0.5, 0.6) is 17.4 Å². The number of hydrogen-bond donors (Lipinski definition) is 2. The second-order valence-electron chi connectivity index (χ2n) is 8.90. The lowest BCUT2D eigenvalue weighted by Crippen LogP contribution is -2.40. The Morgan fingerprint density at radius 2 is 1.77 bits per heavy atom. The first-order valence-electron chi connectivity index (χ1n) is 11.8. The highest BCUT2D eigenvalue weighted by Gasteiger charge is 2.25. The zero-order valence-corrected chi connectivity index (χ0v) is 20.6. The summed E-state index contributed by atoms with van der Waals surface area (Å²) in [7, 11) is 5.54. The van der Waals surface area contributed by atoms with Crippen molar-refractivity contribution >= 4 is 17.7 Å². The third kappa shape index (κ3) is 6.17. The molecule has 1 aromatic carbocycles. The molecule has 9 nitrogen and oxygen atoms in total.